The van der Waals surface area contributed by atoms with Crippen LogP contribution in [0.1, 0.15) is 19.8 Å². The summed E-state index contributed by atoms with van der Waals surface area (Å²) >= 11 is 0. The van der Waals surface area contributed by atoms with Gasteiger partial charge in [0.25, 0.3) is 0 Å². The highest BCUT2D eigenvalue weighted by Crippen LogP contribution is 2.11. The van der Waals surface area contributed by atoms with Crippen molar-refractivity contribution in [2.24, 2.45) is 0 Å². The minimum absolute atomic E-state index is 0.332. The van der Waals surface area contributed by atoms with E-state index < -0.39 is 0 Å². The van der Waals surface area contributed by atoms with Crippen LogP contribution in [0.3, 0.4) is 0 Å². The molecule has 0 aliphatic carbocycles. The van der Waals surface area contributed by atoms with E-state index in [1.54, 1.807) is 0 Å². The van der Waals surface area contributed by atoms with Gasteiger partial charge in [-0.25, -0.2) is 5.48 Å². The summed E-state index contributed by atoms with van der Waals surface area (Å²) in [6, 6.07) is 0. The molecule has 0 radical (unpaired) electrons. The van der Waals surface area contributed by atoms with Crippen LogP contribution in [0.4, 0.5) is 0 Å². The third kappa shape index (κ3) is 2.64. The van der Waals surface area contributed by atoms with Gasteiger partial charge in [0.2, 0.25) is 0 Å². The molecule has 0 aromatic carbocycles. The van der Waals surface area contributed by atoms with Gasteiger partial charge in [-0.15, -0.1) is 0 Å². The van der Waals surface area contributed by atoms with Gasteiger partial charge in [-0.05, 0) is 12.8 Å². The molecular weight excluding hydrogens is 130 g/mol. The van der Waals surface area contributed by atoms with E-state index in [1.165, 1.54) is 6.42 Å². The SMILES string of the molecule is CCNOCC1CCCO1. The fourth-order valence-corrected chi connectivity index (χ4v) is 1.03. The predicted octanol–water partition coefficient (Wildman–Crippen LogP) is 0.706. The van der Waals surface area contributed by atoms with Gasteiger partial charge in [-0.1, -0.05) is 6.92 Å². The molecule has 0 aromatic rings. The van der Waals surface area contributed by atoms with Crippen molar-refractivity contribution in [3.05, 3.63) is 0 Å². The van der Waals surface area contributed by atoms with Gasteiger partial charge in [0.05, 0.1) is 12.7 Å². The van der Waals surface area contributed by atoms with E-state index in [1.807, 2.05) is 6.92 Å². The summed E-state index contributed by atoms with van der Waals surface area (Å²) in [6.45, 7) is 4.45. The summed E-state index contributed by atoms with van der Waals surface area (Å²) in [7, 11) is 0. The zero-order valence-corrected chi connectivity index (χ0v) is 6.43. The Morgan fingerprint density at radius 2 is 2.60 bits per heavy atom. The zero-order valence-electron chi connectivity index (χ0n) is 6.43. The van der Waals surface area contributed by atoms with Crippen LogP contribution in [0, 0.1) is 0 Å². The lowest BCUT2D eigenvalue weighted by molar-refractivity contribution is -0.0273. The molecule has 1 aliphatic rings. The van der Waals surface area contributed by atoms with Crippen LogP contribution in [0.25, 0.3) is 0 Å². The molecular formula is C7H15NO2. The first-order valence-corrected chi connectivity index (χ1v) is 3.89. The van der Waals surface area contributed by atoms with E-state index in [0.29, 0.717) is 12.7 Å². The maximum atomic E-state index is 5.33. The van der Waals surface area contributed by atoms with E-state index in [0.717, 1.165) is 19.6 Å². The largest absolute Gasteiger partial charge is 0.376 e. The summed E-state index contributed by atoms with van der Waals surface area (Å²) in [5.74, 6) is 0. The molecule has 1 rings (SSSR count). The van der Waals surface area contributed by atoms with Gasteiger partial charge in [-0.2, -0.15) is 0 Å². The number of hydrogen-bond acceptors (Lipinski definition) is 3. The van der Waals surface area contributed by atoms with Crippen LogP contribution in [0.15, 0.2) is 0 Å². The second kappa shape index (κ2) is 4.66. The summed E-state index contributed by atoms with van der Waals surface area (Å²) in [6.07, 6.45) is 2.66. The van der Waals surface area contributed by atoms with Crippen LogP contribution in [0.5, 0.6) is 0 Å². The van der Waals surface area contributed by atoms with Crippen molar-refractivity contribution in [1.29, 1.82) is 0 Å². The average molecular weight is 145 g/mol. The van der Waals surface area contributed by atoms with Gasteiger partial charge in [0.15, 0.2) is 0 Å². The Bertz CT molecular complexity index is 81.7. The highest BCUT2D eigenvalue weighted by atomic mass is 16.7. The summed E-state index contributed by atoms with van der Waals surface area (Å²) in [5.41, 5.74) is 2.80. The predicted molar refractivity (Wildman–Crippen MR) is 38.6 cm³/mol. The molecule has 0 amide bonds. The second-order valence-corrected chi connectivity index (χ2v) is 2.44. The monoisotopic (exact) mass is 145 g/mol. The third-order valence-electron chi connectivity index (χ3n) is 1.54. The Balaban J connectivity index is 1.91. The minimum Gasteiger partial charge on any atom is -0.376 e. The Hall–Kier alpha value is -0.120. The first-order valence-electron chi connectivity index (χ1n) is 3.89. The zero-order chi connectivity index (χ0) is 7.23. The highest BCUT2D eigenvalue weighted by Gasteiger charge is 2.14. The molecule has 60 valence electrons. The van der Waals surface area contributed by atoms with Crippen molar-refractivity contribution in [1.82, 2.24) is 5.48 Å². The Morgan fingerprint density at radius 1 is 1.70 bits per heavy atom. The molecule has 1 aliphatic heterocycles. The molecule has 1 unspecified atom stereocenters. The number of rotatable bonds is 4. The van der Waals surface area contributed by atoms with Crippen LogP contribution >= 0.6 is 0 Å². The molecule has 0 spiro atoms. The molecule has 3 nitrogen and oxygen atoms in total. The molecule has 0 aromatic heterocycles. The van der Waals surface area contributed by atoms with Crippen molar-refractivity contribution in [3.8, 4) is 0 Å². The quantitative estimate of drug-likeness (QED) is 0.466. The summed E-state index contributed by atoms with van der Waals surface area (Å²) in [5, 5.41) is 0. The smallest absolute Gasteiger partial charge is 0.0944 e. The van der Waals surface area contributed by atoms with Gasteiger partial charge in [-0.3, -0.25) is 4.84 Å². The Morgan fingerprint density at radius 3 is 3.20 bits per heavy atom. The lowest BCUT2D eigenvalue weighted by Crippen LogP contribution is -2.22. The van der Waals surface area contributed by atoms with E-state index in [2.05, 4.69) is 5.48 Å². The van der Waals surface area contributed by atoms with E-state index in [9.17, 15) is 0 Å². The van der Waals surface area contributed by atoms with Crippen molar-refractivity contribution in [2.75, 3.05) is 19.8 Å². The molecule has 0 saturated carbocycles. The van der Waals surface area contributed by atoms with Crippen LogP contribution in [-0.4, -0.2) is 25.9 Å². The molecule has 1 fully saturated rings. The molecule has 10 heavy (non-hydrogen) atoms. The Kier molecular flexibility index (Phi) is 3.72. The van der Waals surface area contributed by atoms with Crippen LogP contribution in [0.2, 0.25) is 0 Å². The van der Waals surface area contributed by atoms with E-state index in [4.69, 9.17) is 9.57 Å². The molecule has 1 saturated heterocycles. The third-order valence-corrected chi connectivity index (χ3v) is 1.54. The van der Waals surface area contributed by atoms with Crippen molar-refractivity contribution < 1.29 is 9.57 Å². The lowest BCUT2D eigenvalue weighted by atomic mass is 10.2. The fourth-order valence-electron chi connectivity index (χ4n) is 1.03. The first kappa shape index (κ1) is 7.98. The molecule has 1 atom stereocenters. The molecule has 0 bridgehead atoms. The Labute approximate surface area is 61.7 Å². The standard InChI is InChI=1S/C7H15NO2/c1-2-8-10-6-7-4-3-5-9-7/h7-8H,2-6H2,1H3. The normalized spacial score (nSPS) is 25.5. The van der Waals surface area contributed by atoms with Crippen molar-refractivity contribution in [3.63, 3.8) is 0 Å². The average Bonchev–Trinajstić information content (AvgIpc) is 2.41. The van der Waals surface area contributed by atoms with Gasteiger partial charge in [0, 0.05) is 13.2 Å². The van der Waals surface area contributed by atoms with Crippen molar-refractivity contribution in [2.45, 2.75) is 25.9 Å². The molecule has 1 N–H and O–H groups in total. The number of nitrogens with one attached hydrogen (secondary N) is 1. The molecule has 3 heteroatoms. The molecule has 1 heterocycles. The van der Waals surface area contributed by atoms with Crippen molar-refractivity contribution >= 4 is 0 Å². The number of ether oxygens (including phenoxy) is 1. The number of hydrogen-bond donors (Lipinski definition) is 1. The number of hydroxylamine groups is 1. The van der Waals surface area contributed by atoms with E-state index >= 15 is 0 Å². The first-order chi connectivity index (χ1) is 4.93. The van der Waals surface area contributed by atoms with E-state index in [-0.39, 0.29) is 0 Å². The lowest BCUT2D eigenvalue weighted by Gasteiger charge is -2.08. The highest BCUT2D eigenvalue weighted by molar-refractivity contribution is 4.62. The summed E-state index contributed by atoms with van der Waals surface area (Å²) < 4.78 is 5.33. The summed E-state index contributed by atoms with van der Waals surface area (Å²) in [4.78, 5) is 5.09. The van der Waals surface area contributed by atoms with Crippen LogP contribution in [-0.2, 0) is 9.57 Å². The second-order valence-electron chi connectivity index (χ2n) is 2.44. The van der Waals surface area contributed by atoms with Gasteiger partial charge < -0.3 is 4.74 Å². The fraction of sp³-hybridized carbons (Fsp3) is 1.00. The van der Waals surface area contributed by atoms with Crippen LogP contribution < -0.4 is 5.48 Å². The minimum atomic E-state index is 0.332. The van der Waals surface area contributed by atoms with Gasteiger partial charge in [0.1, 0.15) is 0 Å². The topological polar surface area (TPSA) is 30.5 Å². The maximum Gasteiger partial charge on any atom is 0.0944 e. The van der Waals surface area contributed by atoms with Gasteiger partial charge >= 0.3 is 0 Å². The maximum absolute atomic E-state index is 5.33.